The van der Waals surface area contributed by atoms with Crippen molar-refractivity contribution in [3.05, 3.63) is 17.5 Å². The van der Waals surface area contributed by atoms with Crippen LogP contribution >= 0.6 is 0 Å². The van der Waals surface area contributed by atoms with Crippen LogP contribution in [-0.4, -0.2) is 29.8 Å². The molecule has 1 aliphatic rings. The number of aliphatic hydroxyl groups excluding tert-OH is 1. The van der Waals surface area contributed by atoms with Crippen LogP contribution in [0.5, 0.6) is 0 Å². The monoisotopic (exact) mass is 227 g/mol. The quantitative estimate of drug-likeness (QED) is 0.820. The fourth-order valence-electron chi connectivity index (χ4n) is 1.67. The number of nitrogens with zero attached hydrogens (tertiary/aromatic N) is 1. The molecule has 0 radical (unpaired) electrons. The van der Waals surface area contributed by atoms with Crippen molar-refractivity contribution in [2.24, 2.45) is 0 Å². The highest BCUT2D eigenvalue weighted by atomic mass is 16.7. The van der Waals surface area contributed by atoms with Crippen LogP contribution in [0.1, 0.15) is 30.7 Å². The van der Waals surface area contributed by atoms with Gasteiger partial charge >= 0.3 is 0 Å². The third-order valence-corrected chi connectivity index (χ3v) is 2.53. The van der Waals surface area contributed by atoms with Gasteiger partial charge in [-0.1, -0.05) is 5.16 Å². The predicted molar refractivity (Wildman–Crippen MR) is 55.7 cm³/mol. The van der Waals surface area contributed by atoms with E-state index in [0.717, 1.165) is 31.6 Å². The Kier molecular flexibility index (Phi) is 4.33. The Bertz CT molecular complexity index is 307. The number of hydrogen-bond donors (Lipinski definition) is 1. The summed E-state index contributed by atoms with van der Waals surface area (Å²) in [5.74, 6) is 0.678. The van der Waals surface area contributed by atoms with Gasteiger partial charge in [0.05, 0.1) is 5.69 Å². The Morgan fingerprint density at radius 2 is 2.44 bits per heavy atom. The van der Waals surface area contributed by atoms with Gasteiger partial charge in [0.25, 0.3) is 0 Å². The van der Waals surface area contributed by atoms with Crippen molar-refractivity contribution in [2.45, 2.75) is 38.6 Å². The molecule has 0 aromatic carbocycles. The summed E-state index contributed by atoms with van der Waals surface area (Å²) >= 11 is 0. The van der Waals surface area contributed by atoms with Crippen LogP contribution in [0.3, 0.4) is 0 Å². The molecule has 1 unspecified atom stereocenters. The van der Waals surface area contributed by atoms with E-state index in [2.05, 4.69) is 5.16 Å². The van der Waals surface area contributed by atoms with Crippen molar-refractivity contribution in [3.63, 3.8) is 0 Å². The number of hydrogen-bond acceptors (Lipinski definition) is 5. The van der Waals surface area contributed by atoms with Gasteiger partial charge in [0, 0.05) is 25.7 Å². The van der Waals surface area contributed by atoms with E-state index in [1.807, 2.05) is 0 Å². The van der Waals surface area contributed by atoms with Crippen LogP contribution in [0.2, 0.25) is 0 Å². The predicted octanol–water partition coefficient (Wildman–Crippen LogP) is 1.25. The Labute approximate surface area is 94.3 Å². The highest BCUT2D eigenvalue weighted by Crippen LogP contribution is 2.16. The van der Waals surface area contributed by atoms with Gasteiger partial charge in [-0.3, -0.25) is 0 Å². The molecule has 1 atom stereocenters. The standard InChI is InChI=1S/C11H17NO4/c13-5-4-9-7-10(16-12-9)8-15-11-3-1-2-6-14-11/h7,11,13H,1-6,8H2. The lowest BCUT2D eigenvalue weighted by Crippen LogP contribution is -2.21. The topological polar surface area (TPSA) is 64.7 Å². The molecule has 1 fully saturated rings. The molecule has 0 aliphatic carbocycles. The molecule has 0 amide bonds. The third kappa shape index (κ3) is 3.30. The molecule has 0 saturated carbocycles. The molecule has 90 valence electrons. The van der Waals surface area contributed by atoms with Crippen molar-refractivity contribution < 1.29 is 19.1 Å². The minimum Gasteiger partial charge on any atom is -0.396 e. The fraction of sp³-hybridized carbons (Fsp3) is 0.727. The lowest BCUT2D eigenvalue weighted by Gasteiger charge is -2.21. The Hall–Kier alpha value is -0.910. The van der Waals surface area contributed by atoms with E-state index < -0.39 is 0 Å². The molecular formula is C11H17NO4. The molecule has 2 heterocycles. The zero-order valence-electron chi connectivity index (χ0n) is 9.22. The first-order valence-electron chi connectivity index (χ1n) is 5.67. The van der Waals surface area contributed by atoms with Gasteiger partial charge in [-0.05, 0) is 19.3 Å². The Balaban J connectivity index is 1.75. The summed E-state index contributed by atoms with van der Waals surface area (Å²) in [6.07, 6.45) is 3.61. The normalized spacial score (nSPS) is 21.2. The zero-order valence-corrected chi connectivity index (χ0v) is 9.22. The second-order valence-corrected chi connectivity index (χ2v) is 3.87. The SMILES string of the molecule is OCCc1cc(COC2CCCCO2)on1. The van der Waals surface area contributed by atoms with Crippen LogP contribution < -0.4 is 0 Å². The maximum Gasteiger partial charge on any atom is 0.162 e. The summed E-state index contributed by atoms with van der Waals surface area (Å²) in [5.41, 5.74) is 0.755. The number of aromatic nitrogens is 1. The van der Waals surface area contributed by atoms with E-state index in [0.29, 0.717) is 18.8 Å². The van der Waals surface area contributed by atoms with E-state index >= 15 is 0 Å². The lowest BCUT2D eigenvalue weighted by molar-refractivity contribution is -0.171. The maximum absolute atomic E-state index is 8.73. The first-order valence-corrected chi connectivity index (χ1v) is 5.67. The van der Waals surface area contributed by atoms with Gasteiger partial charge in [-0.2, -0.15) is 0 Å². The molecule has 2 rings (SSSR count). The number of rotatable bonds is 5. The van der Waals surface area contributed by atoms with Crippen LogP contribution in [0.4, 0.5) is 0 Å². The number of aliphatic hydroxyl groups is 1. The Morgan fingerprint density at radius 3 is 3.19 bits per heavy atom. The zero-order chi connectivity index (χ0) is 11.2. The number of ether oxygens (including phenoxy) is 2. The molecule has 5 heteroatoms. The first kappa shape index (κ1) is 11.6. The Morgan fingerprint density at radius 1 is 1.50 bits per heavy atom. The van der Waals surface area contributed by atoms with Crippen molar-refractivity contribution in [2.75, 3.05) is 13.2 Å². The molecule has 0 bridgehead atoms. The third-order valence-electron chi connectivity index (χ3n) is 2.53. The van der Waals surface area contributed by atoms with Crippen LogP contribution in [0, 0.1) is 0 Å². The molecule has 1 aromatic heterocycles. The van der Waals surface area contributed by atoms with Gasteiger partial charge in [-0.15, -0.1) is 0 Å². The van der Waals surface area contributed by atoms with Crippen LogP contribution in [-0.2, 0) is 22.5 Å². The van der Waals surface area contributed by atoms with Gasteiger partial charge in [0.15, 0.2) is 12.1 Å². The van der Waals surface area contributed by atoms with E-state index in [1.165, 1.54) is 0 Å². The molecule has 1 aliphatic heterocycles. The maximum atomic E-state index is 8.73. The van der Waals surface area contributed by atoms with E-state index in [9.17, 15) is 0 Å². The summed E-state index contributed by atoms with van der Waals surface area (Å²) in [7, 11) is 0. The largest absolute Gasteiger partial charge is 0.396 e. The first-order chi connectivity index (χ1) is 7.88. The lowest BCUT2D eigenvalue weighted by atomic mass is 10.2. The molecule has 5 nitrogen and oxygen atoms in total. The van der Waals surface area contributed by atoms with E-state index in [1.54, 1.807) is 6.07 Å². The molecule has 16 heavy (non-hydrogen) atoms. The summed E-state index contributed by atoms with van der Waals surface area (Å²) in [5, 5.41) is 12.5. The summed E-state index contributed by atoms with van der Waals surface area (Å²) in [6.45, 7) is 1.23. The average molecular weight is 227 g/mol. The molecule has 0 spiro atoms. The highest BCUT2D eigenvalue weighted by molar-refractivity contribution is 5.04. The van der Waals surface area contributed by atoms with Crippen molar-refractivity contribution in [1.82, 2.24) is 5.16 Å². The van der Waals surface area contributed by atoms with Crippen molar-refractivity contribution in [1.29, 1.82) is 0 Å². The van der Waals surface area contributed by atoms with Gasteiger partial charge in [0.2, 0.25) is 0 Å². The van der Waals surface area contributed by atoms with Crippen LogP contribution in [0.15, 0.2) is 10.6 Å². The smallest absolute Gasteiger partial charge is 0.162 e. The summed E-state index contributed by atoms with van der Waals surface area (Å²) < 4.78 is 16.0. The van der Waals surface area contributed by atoms with Crippen molar-refractivity contribution >= 4 is 0 Å². The van der Waals surface area contributed by atoms with Crippen molar-refractivity contribution in [3.8, 4) is 0 Å². The molecule has 1 N–H and O–H groups in total. The van der Waals surface area contributed by atoms with Crippen LogP contribution in [0.25, 0.3) is 0 Å². The average Bonchev–Trinajstić information content (AvgIpc) is 2.76. The fourth-order valence-corrected chi connectivity index (χ4v) is 1.67. The van der Waals surface area contributed by atoms with E-state index in [4.69, 9.17) is 19.1 Å². The highest BCUT2D eigenvalue weighted by Gasteiger charge is 2.15. The van der Waals surface area contributed by atoms with E-state index in [-0.39, 0.29) is 12.9 Å². The van der Waals surface area contributed by atoms with Gasteiger partial charge < -0.3 is 19.1 Å². The van der Waals surface area contributed by atoms with Gasteiger partial charge in [0.1, 0.15) is 6.61 Å². The second-order valence-electron chi connectivity index (χ2n) is 3.87. The van der Waals surface area contributed by atoms with Gasteiger partial charge in [-0.25, -0.2) is 0 Å². The summed E-state index contributed by atoms with van der Waals surface area (Å²) in [6, 6.07) is 1.80. The molecule has 1 saturated heterocycles. The molecule has 1 aromatic rings. The minimum atomic E-state index is -0.111. The summed E-state index contributed by atoms with van der Waals surface area (Å²) in [4.78, 5) is 0. The molecular weight excluding hydrogens is 210 g/mol. The second kappa shape index (κ2) is 5.98. The minimum absolute atomic E-state index is 0.0819.